The van der Waals surface area contributed by atoms with Crippen molar-refractivity contribution in [3.8, 4) is 5.75 Å². The molecule has 3 atom stereocenters. The molecule has 0 radical (unpaired) electrons. The van der Waals surface area contributed by atoms with Crippen LogP contribution in [0, 0.1) is 10.1 Å². The smallest absolute Gasteiger partial charge is 0.278 e. The van der Waals surface area contributed by atoms with E-state index >= 15 is 0 Å². The Morgan fingerprint density at radius 3 is 2.93 bits per heavy atom. The van der Waals surface area contributed by atoms with E-state index in [-0.39, 0.29) is 18.8 Å². The molecule has 0 aliphatic carbocycles. The standard InChI is InChI=1S/C18H20N6O6/c1-29-11-3-2-10(12(4-11)24(27)28)6-19-17-16-18(21-8-20-17)23(9-22-16)15-5-13(26)14(7-25)30-15/h2-4,8-9,13-15,25-26H,5-7H2,1H3,(H,19,20,21)/t13?,14-,15-/m1/s1. The van der Waals surface area contributed by atoms with Gasteiger partial charge in [-0.1, -0.05) is 0 Å². The summed E-state index contributed by atoms with van der Waals surface area (Å²) >= 11 is 0. The van der Waals surface area contributed by atoms with Crippen LogP contribution in [-0.4, -0.2) is 60.6 Å². The van der Waals surface area contributed by atoms with Gasteiger partial charge in [0.15, 0.2) is 17.0 Å². The maximum absolute atomic E-state index is 11.4. The molecule has 3 heterocycles. The second kappa shape index (κ2) is 8.18. The SMILES string of the molecule is COc1ccc(CNc2ncnc3c2ncn3[C@H]2CC(O)[C@@H](CO)O2)c([N+](=O)[O-])c1. The first-order valence-electron chi connectivity index (χ1n) is 9.19. The molecular formula is C18H20N6O6. The van der Waals surface area contributed by atoms with Crippen LogP contribution in [0.25, 0.3) is 11.2 Å². The third kappa shape index (κ3) is 3.63. The first-order chi connectivity index (χ1) is 14.5. The number of benzene rings is 1. The minimum Gasteiger partial charge on any atom is -0.497 e. The number of nitrogens with zero attached hydrogens (tertiary/aromatic N) is 5. The van der Waals surface area contributed by atoms with Crippen LogP contribution in [0.2, 0.25) is 0 Å². The van der Waals surface area contributed by atoms with Gasteiger partial charge in [-0.3, -0.25) is 14.7 Å². The predicted octanol–water partition coefficient (Wildman–Crippen LogP) is 0.996. The number of ether oxygens (including phenoxy) is 2. The summed E-state index contributed by atoms with van der Waals surface area (Å²) in [5.41, 5.74) is 1.33. The normalized spacial score (nSPS) is 21.1. The van der Waals surface area contributed by atoms with Crippen molar-refractivity contribution in [3.05, 3.63) is 46.5 Å². The van der Waals surface area contributed by atoms with Crippen molar-refractivity contribution < 1.29 is 24.6 Å². The first kappa shape index (κ1) is 19.9. The van der Waals surface area contributed by atoms with E-state index in [0.717, 1.165) is 0 Å². The van der Waals surface area contributed by atoms with Crippen LogP contribution in [0.3, 0.4) is 0 Å². The van der Waals surface area contributed by atoms with Crippen molar-refractivity contribution >= 4 is 22.7 Å². The van der Waals surface area contributed by atoms with E-state index < -0.39 is 23.4 Å². The summed E-state index contributed by atoms with van der Waals surface area (Å²) in [4.78, 5) is 23.7. The van der Waals surface area contributed by atoms with E-state index in [2.05, 4.69) is 20.3 Å². The van der Waals surface area contributed by atoms with Crippen LogP contribution in [0.15, 0.2) is 30.9 Å². The van der Waals surface area contributed by atoms with Gasteiger partial charge < -0.3 is 25.0 Å². The van der Waals surface area contributed by atoms with Crippen molar-refractivity contribution in [2.24, 2.45) is 0 Å². The average Bonchev–Trinajstić information content (AvgIpc) is 3.35. The molecule has 12 nitrogen and oxygen atoms in total. The molecule has 4 rings (SSSR count). The second-order valence-electron chi connectivity index (χ2n) is 6.77. The molecule has 1 fully saturated rings. The Kier molecular flexibility index (Phi) is 5.44. The molecule has 3 N–H and O–H groups in total. The van der Waals surface area contributed by atoms with Crippen molar-refractivity contribution in [1.29, 1.82) is 0 Å². The van der Waals surface area contributed by atoms with E-state index in [4.69, 9.17) is 9.47 Å². The van der Waals surface area contributed by atoms with Crippen LogP contribution in [0.5, 0.6) is 5.75 Å². The van der Waals surface area contributed by atoms with Gasteiger partial charge >= 0.3 is 0 Å². The molecule has 1 aromatic carbocycles. The maximum atomic E-state index is 11.4. The molecule has 3 aromatic rings. The Hall–Kier alpha value is -3.35. The number of nitro benzene ring substituents is 1. The number of hydrogen-bond donors (Lipinski definition) is 3. The number of rotatable bonds is 7. The second-order valence-corrected chi connectivity index (χ2v) is 6.77. The van der Waals surface area contributed by atoms with Crippen molar-refractivity contribution in [2.75, 3.05) is 19.0 Å². The summed E-state index contributed by atoms with van der Waals surface area (Å²) in [5, 5.41) is 33.7. The number of imidazole rings is 1. The number of anilines is 1. The molecule has 2 aromatic heterocycles. The number of nitro groups is 1. The highest BCUT2D eigenvalue weighted by atomic mass is 16.6. The molecule has 1 unspecified atom stereocenters. The lowest BCUT2D eigenvalue weighted by atomic mass is 10.1. The minimum atomic E-state index is -0.785. The van der Waals surface area contributed by atoms with Crippen molar-refractivity contribution in [1.82, 2.24) is 19.5 Å². The highest BCUT2D eigenvalue weighted by molar-refractivity contribution is 5.82. The first-order valence-corrected chi connectivity index (χ1v) is 9.19. The summed E-state index contributed by atoms with van der Waals surface area (Å²) in [6.07, 6.45) is 1.20. The lowest BCUT2D eigenvalue weighted by molar-refractivity contribution is -0.385. The van der Waals surface area contributed by atoms with E-state index in [0.29, 0.717) is 34.7 Å². The lowest BCUT2D eigenvalue weighted by Crippen LogP contribution is -2.24. The number of fused-ring (bicyclic) bond motifs is 1. The lowest BCUT2D eigenvalue weighted by Gasteiger charge is -2.13. The molecule has 1 aliphatic heterocycles. The van der Waals surface area contributed by atoms with Gasteiger partial charge in [-0.2, -0.15) is 0 Å². The van der Waals surface area contributed by atoms with Crippen LogP contribution in [-0.2, 0) is 11.3 Å². The number of aliphatic hydroxyl groups excluding tert-OH is 2. The Morgan fingerprint density at radius 2 is 2.23 bits per heavy atom. The van der Waals surface area contributed by atoms with Gasteiger partial charge in [0, 0.05) is 18.5 Å². The summed E-state index contributed by atoms with van der Waals surface area (Å²) in [6, 6.07) is 4.62. The van der Waals surface area contributed by atoms with Crippen LogP contribution < -0.4 is 10.1 Å². The van der Waals surface area contributed by atoms with E-state index in [1.165, 1.54) is 25.8 Å². The quantitative estimate of drug-likeness (QED) is 0.375. The van der Waals surface area contributed by atoms with Gasteiger partial charge in [0.05, 0.1) is 37.1 Å². The monoisotopic (exact) mass is 416 g/mol. The van der Waals surface area contributed by atoms with Gasteiger partial charge in [0.1, 0.15) is 24.4 Å². The zero-order chi connectivity index (χ0) is 21.3. The Balaban J connectivity index is 1.58. The Labute approximate surface area is 170 Å². The fourth-order valence-corrected chi connectivity index (χ4v) is 3.41. The van der Waals surface area contributed by atoms with Gasteiger partial charge in [-0.15, -0.1) is 0 Å². The third-order valence-electron chi connectivity index (χ3n) is 4.99. The van der Waals surface area contributed by atoms with Crippen molar-refractivity contribution in [3.63, 3.8) is 0 Å². The summed E-state index contributed by atoms with van der Waals surface area (Å²) in [6.45, 7) is -0.142. The molecule has 0 amide bonds. The summed E-state index contributed by atoms with van der Waals surface area (Å²) in [5.74, 6) is 0.801. The fraction of sp³-hybridized carbons (Fsp3) is 0.389. The predicted molar refractivity (Wildman–Crippen MR) is 104 cm³/mol. The number of nitrogens with one attached hydrogen (secondary N) is 1. The Bertz CT molecular complexity index is 1070. The minimum absolute atomic E-state index is 0.0685. The van der Waals surface area contributed by atoms with Gasteiger partial charge in [0.2, 0.25) is 0 Å². The number of methoxy groups -OCH3 is 1. The zero-order valence-electron chi connectivity index (χ0n) is 16.0. The molecule has 12 heteroatoms. The van der Waals surface area contributed by atoms with Crippen LogP contribution in [0.4, 0.5) is 11.5 Å². The summed E-state index contributed by atoms with van der Waals surface area (Å²) < 4.78 is 12.4. The zero-order valence-corrected chi connectivity index (χ0v) is 16.0. The third-order valence-corrected chi connectivity index (χ3v) is 4.99. The molecule has 0 bridgehead atoms. The van der Waals surface area contributed by atoms with Gasteiger partial charge in [-0.25, -0.2) is 15.0 Å². The van der Waals surface area contributed by atoms with Gasteiger partial charge in [0.25, 0.3) is 5.69 Å². The molecule has 158 valence electrons. The van der Waals surface area contributed by atoms with Crippen LogP contribution >= 0.6 is 0 Å². The topological polar surface area (TPSA) is 158 Å². The van der Waals surface area contributed by atoms with E-state index in [1.807, 2.05) is 0 Å². The Morgan fingerprint density at radius 1 is 1.40 bits per heavy atom. The largest absolute Gasteiger partial charge is 0.497 e. The summed E-state index contributed by atoms with van der Waals surface area (Å²) in [7, 11) is 1.45. The maximum Gasteiger partial charge on any atom is 0.278 e. The number of aliphatic hydroxyl groups is 2. The van der Waals surface area contributed by atoms with E-state index in [1.54, 1.807) is 16.7 Å². The molecular weight excluding hydrogens is 396 g/mol. The molecule has 0 saturated carbocycles. The highest BCUT2D eigenvalue weighted by Crippen LogP contribution is 2.32. The molecule has 1 saturated heterocycles. The molecule has 0 spiro atoms. The van der Waals surface area contributed by atoms with Crippen molar-refractivity contribution in [2.45, 2.75) is 31.4 Å². The van der Waals surface area contributed by atoms with E-state index in [9.17, 15) is 20.3 Å². The molecule has 30 heavy (non-hydrogen) atoms. The van der Waals surface area contributed by atoms with Gasteiger partial charge in [-0.05, 0) is 12.1 Å². The average molecular weight is 416 g/mol. The fourth-order valence-electron chi connectivity index (χ4n) is 3.41. The number of aromatic nitrogens is 4. The highest BCUT2D eigenvalue weighted by Gasteiger charge is 2.35. The molecule has 1 aliphatic rings. The van der Waals surface area contributed by atoms with Crippen LogP contribution in [0.1, 0.15) is 18.2 Å². The number of hydrogen-bond acceptors (Lipinski definition) is 10.